The Morgan fingerprint density at radius 1 is 0.960 bits per heavy atom. The lowest BCUT2D eigenvalue weighted by atomic mass is 9.57. The first kappa shape index (κ1) is 19.0. The molecule has 140 valence electrons. The van der Waals surface area contributed by atoms with Crippen molar-refractivity contribution in [1.29, 1.82) is 0 Å². The van der Waals surface area contributed by atoms with E-state index in [9.17, 15) is 0 Å². The van der Waals surface area contributed by atoms with Crippen LogP contribution in [0.1, 0.15) is 101 Å². The quantitative estimate of drug-likeness (QED) is 0.506. The minimum absolute atomic E-state index is 0.0176. The van der Waals surface area contributed by atoms with Crippen LogP contribution in [0.5, 0.6) is 0 Å². The van der Waals surface area contributed by atoms with Crippen LogP contribution in [0.2, 0.25) is 0 Å². The molecular formula is C24H38O. The molecule has 1 aliphatic heterocycles. The zero-order chi connectivity index (χ0) is 19.0. The molecule has 1 aromatic rings. The first-order chi connectivity index (χ1) is 11.2. The van der Waals surface area contributed by atoms with E-state index in [4.69, 9.17) is 4.74 Å². The van der Waals surface area contributed by atoms with Crippen molar-refractivity contribution in [1.82, 2.24) is 0 Å². The Labute approximate surface area is 155 Å². The molecule has 2 aliphatic rings. The van der Waals surface area contributed by atoms with Crippen LogP contribution in [0.4, 0.5) is 0 Å². The predicted molar refractivity (Wildman–Crippen MR) is 108 cm³/mol. The van der Waals surface area contributed by atoms with Crippen LogP contribution in [0.3, 0.4) is 0 Å². The second-order valence-corrected chi connectivity index (χ2v) is 10.9. The number of hydrogen-bond donors (Lipinski definition) is 0. The van der Waals surface area contributed by atoms with Gasteiger partial charge >= 0.3 is 0 Å². The molecule has 1 spiro atoms. The van der Waals surface area contributed by atoms with Crippen molar-refractivity contribution in [3.05, 3.63) is 33.9 Å². The van der Waals surface area contributed by atoms with Crippen molar-refractivity contribution >= 4 is 0 Å². The van der Waals surface area contributed by atoms with Crippen LogP contribution in [-0.2, 0) is 10.2 Å². The maximum atomic E-state index is 7.11. The van der Waals surface area contributed by atoms with Gasteiger partial charge in [-0.05, 0) is 87.1 Å². The Balaban J connectivity index is 2.44. The number of benzene rings is 1. The molecule has 1 nitrogen and oxygen atoms in total. The Morgan fingerprint density at radius 3 is 1.96 bits per heavy atom. The first-order valence-corrected chi connectivity index (χ1v) is 10.1. The Kier molecular flexibility index (Phi) is 4.05. The summed E-state index contributed by atoms with van der Waals surface area (Å²) in [5, 5.41) is 0. The summed E-state index contributed by atoms with van der Waals surface area (Å²) < 4.78 is 7.11. The molecule has 25 heavy (non-hydrogen) atoms. The van der Waals surface area contributed by atoms with Gasteiger partial charge in [0.15, 0.2) is 0 Å². The second-order valence-electron chi connectivity index (χ2n) is 10.9. The fourth-order valence-corrected chi connectivity index (χ4v) is 6.25. The monoisotopic (exact) mass is 342 g/mol. The Bertz CT molecular complexity index is 696. The number of ether oxygens (including phenoxy) is 1. The van der Waals surface area contributed by atoms with Gasteiger partial charge in [-0.15, -0.1) is 0 Å². The van der Waals surface area contributed by atoms with Gasteiger partial charge in [-0.2, -0.15) is 0 Å². The molecule has 0 aromatic heterocycles. The fraction of sp³-hybridized carbons (Fsp3) is 0.750. The smallest absolute Gasteiger partial charge is 0.0781 e. The van der Waals surface area contributed by atoms with Gasteiger partial charge in [-0.1, -0.05) is 40.7 Å². The highest BCUT2D eigenvalue weighted by Crippen LogP contribution is 2.61. The number of fused-ring (bicyclic) bond motifs is 1. The predicted octanol–water partition coefficient (Wildman–Crippen LogP) is 6.75. The fourth-order valence-electron chi connectivity index (χ4n) is 6.25. The molecule has 1 aromatic carbocycles. The van der Waals surface area contributed by atoms with Crippen LogP contribution in [-0.4, -0.2) is 11.2 Å². The molecule has 1 unspecified atom stereocenters. The van der Waals surface area contributed by atoms with Gasteiger partial charge < -0.3 is 4.74 Å². The third kappa shape index (κ3) is 2.52. The molecule has 1 aliphatic carbocycles. The summed E-state index contributed by atoms with van der Waals surface area (Å²) in [7, 11) is 0. The highest BCUT2D eigenvalue weighted by Gasteiger charge is 2.60. The summed E-state index contributed by atoms with van der Waals surface area (Å²) in [5.41, 5.74) is 7.49. The Morgan fingerprint density at radius 2 is 1.52 bits per heavy atom. The molecule has 0 bridgehead atoms. The van der Waals surface area contributed by atoms with Crippen molar-refractivity contribution in [2.75, 3.05) is 0 Å². The minimum atomic E-state index is -0.173. The summed E-state index contributed by atoms with van der Waals surface area (Å²) in [4.78, 5) is 0. The summed E-state index contributed by atoms with van der Waals surface area (Å²) in [6, 6.07) is 2.40. The summed E-state index contributed by atoms with van der Waals surface area (Å²) in [5.74, 6) is 0.383. The van der Waals surface area contributed by atoms with Crippen molar-refractivity contribution < 1.29 is 4.74 Å². The van der Waals surface area contributed by atoms with Gasteiger partial charge in [0.05, 0.1) is 11.2 Å². The third-order valence-electron chi connectivity index (χ3n) is 7.33. The maximum Gasteiger partial charge on any atom is 0.0781 e. The highest BCUT2D eigenvalue weighted by atomic mass is 16.5. The minimum Gasteiger partial charge on any atom is -0.368 e. The van der Waals surface area contributed by atoms with Crippen molar-refractivity contribution in [3.8, 4) is 0 Å². The standard InChI is InChI=1S/C24H38O/c1-15-14-16(2)18-19(17(15)3)22(7,8)24(12-11-13-24)25-23(9,10)20(18)21(4,5)6/h14,20H,11-13H2,1-10H3. The molecule has 1 fully saturated rings. The molecule has 0 saturated heterocycles. The van der Waals surface area contributed by atoms with E-state index in [1.54, 1.807) is 11.1 Å². The zero-order valence-electron chi connectivity index (χ0n) is 18.2. The van der Waals surface area contributed by atoms with Gasteiger partial charge in [0.2, 0.25) is 0 Å². The SMILES string of the molecule is Cc1cc(C)c2c(c1C)C(C)(C)C1(CCC1)OC(C)(C)C2C(C)(C)C. The van der Waals surface area contributed by atoms with Gasteiger partial charge in [-0.3, -0.25) is 0 Å². The van der Waals surface area contributed by atoms with Crippen molar-refractivity contribution in [2.45, 2.75) is 111 Å². The molecule has 1 saturated carbocycles. The molecular weight excluding hydrogens is 304 g/mol. The normalized spacial score (nSPS) is 26.7. The van der Waals surface area contributed by atoms with E-state index < -0.39 is 0 Å². The van der Waals surface area contributed by atoms with Gasteiger partial charge in [-0.25, -0.2) is 0 Å². The van der Waals surface area contributed by atoms with Gasteiger partial charge in [0.1, 0.15) is 0 Å². The van der Waals surface area contributed by atoms with Gasteiger partial charge in [0.25, 0.3) is 0 Å². The van der Waals surface area contributed by atoms with E-state index in [1.165, 1.54) is 36.0 Å². The summed E-state index contributed by atoms with van der Waals surface area (Å²) in [6.45, 7) is 23.6. The number of aryl methyl sites for hydroxylation is 2. The van der Waals surface area contributed by atoms with Gasteiger partial charge in [0, 0.05) is 11.3 Å². The molecule has 3 rings (SSSR count). The van der Waals surface area contributed by atoms with Crippen LogP contribution >= 0.6 is 0 Å². The largest absolute Gasteiger partial charge is 0.368 e. The average Bonchev–Trinajstić information content (AvgIpc) is 2.44. The summed E-state index contributed by atoms with van der Waals surface area (Å²) in [6.07, 6.45) is 3.66. The van der Waals surface area contributed by atoms with Crippen LogP contribution in [0.25, 0.3) is 0 Å². The molecule has 1 heteroatoms. The topological polar surface area (TPSA) is 9.23 Å². The summed E-state index contributed by atoms with van der Waals surface area (Å²) >= 11 is 0. The van der Waals surface area contributed by atoms with E-state index in [-0.39, 0.29) is 22.0 Å². The Hall–Kier alpha value is -0.820. The van der Waals surface area contributed by atoms with E-state index in [0.29, 0.717) is 5.92 Å². The highest BCUT2D eigenvalue weighted by molar-refractivity contribution is 5.54. The molecule has 0 radical (unpaired) electrons. The maximum absolute atomic E-state index is 7.11. The van der Waals surface area contributed by atoms with Crippen LogP contribution < -0.4 is 0 Å². The lowest BCUT2D eigenvalue weighted by Gasteiger charge is -2.55. The molecule has 1 atom stereocenters. The van der Waals surface area contributed by atoms with E-state index in [0.717, 1.165) is 0 Å². The number of rotatable bonds is 0. The van der Waals surface area contributed by atoms with E-state index in [2.05, 4.69) is 75.3 Å². The third-order valence-corrected chi connectivity index (χ3v) is 7.33. The first-order valence-electron chi connectivity index (χ1n) is 10.1. The van der Waals surface area contributed by atoms with E-state index in [1.807, 2.05) is 0 Å². The van der Waals surface area contributed by atoms with E-state index >= 15 is 0 Å². The van der Waals surface area contributed by atoms with Crippen LogP contribution in [0.15, 0.2) is 6.07 Å². The molecule has 0 N–H and O–H groups in total. The average molecular weight is 343 g/mol. The lowest BCUT2D eigenvalue weighted by Crippen LogP contribution is -2.58. The van der Waals surface area contributed by atoms with Crippen molar-refractivity contribution in [3.63, 3.8) is 0 Å². The molecule has 1 heterocycles. The molecule has 0 amide bonds. The van der Waals surface area contributed by atoms with Crippen LogP contribution in [0, 0.1) is 26.2 Å². The lowest BCUT2D eigenvalue weighted by molar-refractivity contribution is -0.218. The van der Waals surface area contributed by atoms with Crippen molar-refractivity contribution in [2.24, 2.45) is 5.41 Å². The number of hydrogen-bond acceptors (Lipinski definition) is 1. The second kappa shape index (κ2) is 5.35. The zero-order valence-corrected chi connectivity index (χ0v) is 18.2.